The van der Waals surface area contributed by atoms with Crippen molar-refractivity contribution >= 4 is 11.8 Å². The first-order valence-electron chi connectivity index (χ1n) is 12.3. The van der Waals surface area contributed by atoms with Gasteiger partial charge in [-0.25, -0.2) is 9.37 Å². The lowest BCUT2D eigenvalue weighted by Crippen LogP contribution is -2.41. The average molecular weight is 494 g/mol. The molecule has 2 heterocycles. The first kappa shape index (κ1) is 25.4. The van der Waals surface area contributed by atoms with Crippen molar-refractivity contribution in [2.24, 2.45) is 5.92 Å². The number of hydrogen-bond acceptors (Lipinski definition) is 5. The summed E-state index contributed by atoms with van der Waals surface area (Å²) in [7, 11) is 0. The molecule has 1 atom stereocenters. The summed E-state index contributed by atoms with van der Waals surface area (Å²) in [4.78, 5) is 31.4. The molecule has 0 saturated carbocycles. The molecule has 0 saturated heterocycles. The van der Waals surface area contributed by atoms with Crippen molar-refractivity contribution in [2.45, 2.75) is 59.2 Å². The molecule has 0 spiro atoms. The van der Waals surface area contributed by atoms with Crippen molar-refractivity contribution in [3.05, 3.63) is 82.8 Å². The van der Waals surface area contributed by atoms with Gasteiger partial charge in [0.15, 0.2) is 12.3 Å². The van der Waals surface area contributed by atoms with Crippen molar-refractivity contribution < 1.29 is 23.1 Å². The van der Waals surface area contributed by atoms with Gasteiger partial charge < -0.3 is 19.4 Å². The zero-order chi connectivity index (χ0) is 25.8. The minimum atomic E-state index is -0.336. The maximum absolute atomic E-state index is 13.7. The van der Waals surface area contributed by atoms with E-state index < -0.39 is 0 Å². The second-order valence-electron chi connectivity index (χ2n) is 9.79. The quantitative estimate of drug-likeness (QED) is 0.475. The number of nitrogens with one attached hydrogen (secondary N) is 1. The van der Waals surface area contributed by atoms with E-state index in [1.165, 1.54) is 18.4 Å². The fourth-order valence-electron chi connectivity index (χ4n) is 4.39. The number of benzene rings is 2. The molecule has 0 aliphatic carbocycles. The van der Waals surface area contributed by atoms with Crippen molar-refractivity contribution in [1.82, 2.24) is 15.2 Å². The number of fused-ring (bicyclic) bond motifs is 1. The van der Waals surface area contributed by atoms with E-state index in [1.807, 2.05) is 50.8 Å². The van der Waals surface area contributed by atoms with Gasteiger partial charge in [0.1, 0.15) is 17.8 Å². The molecule has 7 nitrogen and oxygen atoms in total. The Kier molecular flexibility index (Phi) is 7.72. The summed E-state index contributed by atoms with van der Waals surface area (Å²) in [5.74, 6) is 0.552. The van der Waals surface area contributed by atoms with Crippen LogP contribution in [0.2, 0.25) is 0 Å². The van der Waals surface area contributed by atoms with Crippen LogP contribution in [-0.4, -0.2) is 34.3 Å². The lowest BCUT2D eigenvalue weighted by molar-refractivity contribution is -0.134. The van der Waals surface area contributed by atoms with Gasteiger partial charge in [-0.1, -0.05) is 32.0 Å². The lowest BCUT2D eigenvalue weighted by Gasteiger charge is -2.38. The summed E-state index contributed by atoms with van der Waals surface area (Å²) >= 11 is 0. The van der Waals surface area contributed by atoms with Gasteiger partial charge in [0.05, 0.1) is 6.04 Å². The highest BCUT2D eigenvalue weighted by Crippen LogP contribution is 2.38. The second-order valence-corrected chi connectivity index (χ2v) is 9.79. The van der Waals surface area contributed by atoms with Crippen LogP contribution in [0.25, 0.3) is 0 Å². The molecule has 2 aromatic carbocycles. The van der Waals surface area contributed by atoms with Gasteiger partial charge in [-0.05, 0) is 67.1 Å². The Bertz CT molecular complexity index is 1220. The molecule has 36 heavy (non-hydrogen) atoms. The first-order chi connectivity index (χ1) is 17.2. The van der Waals surface area contributed by atoms with Gasteiger partial charge in [0, 0.05) is 19.0 Å². The van der Waals surface area contributed by atoms with E-state index in [0.29, 0.717) is 18.7 Å². The van der Waals surface area contributed by atoms with Crippen LogP contribution in [0, 0.1) is 11.7 Å². The zero-order valence-electron chi connectivity index (χ0n) is 21.1. The summed E-state index contributed by atoms with van der Waals surface area (Å²) in [5, 5.41) is 2.77. The van der Waals surface area contributed by atoms with Crippen LogP contribution in [-0.2, 0) is 17.8 Å². The Balaban J connectivity index is 1.58. The smallest absolute Gasteiger partial charge is 0.273 e. The Morgan fingerprint density at radius 2 is 1.92 bits per heavy atom. The van der Waals surface area contributed by atoms with E-state index in [2.05, 4.69) is 10.3 Å². The molecule has 1 aliphatic rings. The third-order valence-electron chi connectivity index (χ3n) is 6.00. The fourth-order valence-corrected chi connectivity index (χ4v) is 4.39. The van der Waals surface area contributed by atoms with E-state index >= 15 is 0 Å². The highest BCUT2D eigenvalue weighted by molar-refractivity contribution is 5.92. The Labute approximate surface area is 210 Å². The summed E-state index contributed by atoms with van der Waals surface area (Å²) in [6.07, 6.45) is 2.48. The molecule has 3 aromatic rings. The number of hydrogen-bond donors (Lipinski definition) is 1. The molecule has 2 amide bonds. The van der Waals surface area contributed by atoms with Crippen LogP contribution in [0.1, 0.15) is 73.2 Å². The number of carbonyl (C=O) groups excluding carboxylic acids is 2. The highest BCUT2D eigenvalue weighted by Gasteiger charge is 2.32. The molecular formula is C28H32FN3O4. The van der Waals surface area contributed by atoms with Crippen molar-refractivity contribution in [3.63, 3.8) is 0 Å². The number of nitrogens with zero attached hydrogens (tertiary/aromatic N) is 2. The molecule has 1 N–H and O–H groups in total. The van der Waals surface area contributed by atoms with E-state index in [1.54, 1.807) is 12.1 Å². The largest absolute Gasteiger partial charge is 0.484 e. The van der Waals surface area contributed by atoms with E-state index in [-0.39, 0.29) is 53.8 Å². The number of amides is 2. The second kappa shape index (κ2) is 10.9. The third kappa shape index (κ3) is 5.93. The summed E-state index contributed by atoms with van der Waals surface area (Å²) in [5.41, 5.74) is 3.12. The van der Waals surface area contributed by atoms with Gasteiger partial charge in [-0.15, -0.1) is 0 Å². The Morgan fingerprint density at radius 1 is 1.17 bits per heavy atom. The number of ether oxygens (including phenoxy) is 1. The number of rotatable bonds is 8. The standard InChI is InChI=1S/C28H32FN3O4/c1-17(2)13-26(33)32-12-11-19-7-10-22(14-23(19)27(32)20-5-8-21(29)9-6-20)35-16-25-31-24(15-36-25)28(34)30-18(3)4/h5-10,14-15,17-18,27H,11-13,16H2,1-4H3,(H,30,34). The molecule has 1 aromatic heterocycles. The van der Waals surface area contributed by atoms with E-state index in [0.717, 1.165) is 23.1 Å². The number of aromatic nitrogens is 1. The minimum Gasteiger partial charge on any atom is -0.484 e. The SMILES string of the molecule is CC(C)CC(=O)N1CCc2ccc(OCc3nc(C(=O)NC(C)C)co3)cc2C1c1ccc(F)cc1. The average Bonchev–Trinajstić information content (AvgIpc) is 3.31. The summed E-state index contributed by atoms with van der Waals surface area (Å²) in [6.45, 7) is 8.43. The molecule has 190 valence electrons. The number of oxazole rings is 1. The van der Waals surface area contributed by atoms with Crippen molar-refractivity contribution in [2.75, 3.05) is 6.54 Å². The van der Waals surface area contributed by atoms with Crippen molar-refractivity contribution in [3.8, 4) is 5.75 Å². The number of halogens is 1. The lowest BCUT2D eigenvalue weighted by atomic mass is 9.87. The van der Waals surface area contributed by atoms with Crippen LogP contribution < -0.4 is 10.1 Å². The predicted octanol–water partition coefficient (Wildman–Crippen LogP) is 5.05. The molecule has 1 unspecified atom stereocenters. The van der Waals surface area contributed by atoms with Gasteiger partial charge in [-0.3, -0.25) is 9.59 Å². The fraction of sp³-hybridized carbons (Fsp3) is 0.393. The highest BCUT2D eigenvalue weighted by atomic mass is 19.1. The van der Waals surface area contributed by atoms with Gasteiger partial charge in [-0.2, -0.15) is 0 Å². The normalized spacial score (nSPS) is 15.2. The predicted molar refractivity (Wildman–Crippen MR) is 133 cm³/mol. The summed E-state index contributed by atoms with van der Waals surface area (Å²) in [6, 6.07) is 11.8. The van der Waals surface area contributed by atoms with Gasteiger partial charge in [0.2, 0.25) is 11.8 Å². The topological polar surface area (TPSA) is 84.7 Å². The molecule has 4 rings (SSSR count). The van der Waals surface area contributed by atoms with Crippen molar-refractivity contribution in [1.29, 1.82) is 0 Å². The van der Waals surface area contributed by atoms with E-state index in [9.17, 15) is 14.0 Å². The molecule has 8 heteroatoms. The van der Waals surface area contributed by atoms with Crippen LogP contribution >= 0.6 is 0 Å². The Hall–Kier alpha value is -3.68. The Morgan fingerprint density at radius 3 is 2.61 bits per heavy atom. The van der Waals surface area contributed by atoms with E-state index in [4.69, 9.17) is 9.15 Å². The van der Waals surface area contributed by atoms with Crippen LogP contribution in [0.5, 0.6) is 5.75 Å². The molecule has 0 bridgehead atoms. The number of carbonyl (C=O) groups is 2. The van der Waals surface area contributed by atoms with Gasteiger partial charge in [0.25, 0.3) is 5.91 Å². The van der Waals surface area contributed by atoms with Gasteiger partial charge >= 0.3 is 0 Å². The summed E-state index contributed by atoms with van der Waals surface area (Å²) < 4.78 is 25.0. The molecular weight excluding hydrogens is 461 g/mol. The third-order valence-corrected chi connectivity index (χ3v) is 6.00. The first-order valence-corrected chi connectivity index (χ1v) is 12.3. The minimum absolute atomic E-state index is 0.00886. The molecule has 0 radical (unpaired) electrons. The molecule has 0 fully saturated rings. The molecule has 1 aliphatic heterocycles. The maximum Gasteiger partial charge on any atom is 0.273 e. The maximum atomic E-state index is 13.7. The van der Waals surface area contributed by atoms with Crippen LogP contribution in [0.15, 0.2) is 53.1 Å². The monoisotopic (exact) mass is 493 g/mol. The zero-order valence-corrected chi connectivity index (χ0v) is 21.1. The van der Waals surface area contributed by atoms with Crippen LogP contribution in [0.3, 0.4) is 0 Å². The van der Waals surface area contributed by atoms with Crippen LogP contribution in [0.4, 0.5) is 4.39 Å².